The first-order valence-electron chi connectivity index (χ1n) is 7.81. The van der Waals surface area contributed by atoms with Gasteiger partial charge in [0.1, 0.15) is 0 Å². The molecule has 2 nitrogen and oxygen atoms in total. The average molecular weight is 260 g/mol. The van der Waals surface area contributed by atoms with Crippen LogP contribution in [0, 0.1) is 0 Å². The zero-order chi connectivity index (χ0) is 13.5. The van der Waals surface area contributed by atoms with Crippen LogP contribution in [0.15, 0.2) is 30.3 Å². The van der Waals surface area contributed by atoms with Crippen molar-refractivity contribution in [2.45, 2.75) is 51.6 Å². The number of rotatable bonds is 6. The number of hydrogen-bond acceptors (Lipinski definition) is 2. The predicted octanol–water partition coefficient (Wildman–Crippen LogP) is 3.08. The number of nitrogens with one attached hydrogen (secondary N) is 1. The van der Waals surface area contributed by atoms with E-state index >= 15 is 0 Å². The molecule has 106 valence electrons. The molecular formula is C17H28N2. The van der Waals surface area contributed by atoms with Gasteiger partial charge in [-0.2, -0.15) is 0 Å². The first-order valence-corrected chi connectivity index (χ1v) is 7.81. The maximum absolute atomic E-state index is 3.67. The summed E-state index contributed by atoms with van der Waals surface area (Å²) >= 11 is 0. The number of nitrogens with zero attached hydrogens (tertiary/aromatic N) is 1. The van der Waals surface area contributed by atoms with Crippen LogP contribution in [0.3, 0.4) is 0 Å². The van der Waals surface area contributed by atoms with Crippen LogP contribution in [0.2, 0.25) is 0 Å². The highest BCUT2D eigenvalue weighted by molar-refractivity contribution is 5.16. The van der Waals surface area contributed by atoms with Crippen molar-refractivity contribution < 1.29 is 0 Å². The number of hydrogen-bond donors (Lipinski definition) is 1. The van der Waals surface area contributed by atoms with E-state index < -0.39 is 0 Å². The SMILES string of the molecule is CCCCC(C)N1CCNC(Cc2ccccc2)C1. The van der Waals surface area contributed by atoms with E-state index in [4.69, 9.17) is 0 Å². The van der Waals surface area contributed by atoms with Gasteiger partial charge in [-0.1, -0.05) is 50.1 Å². The third-order valence-electron chi connectivity index (χ3n) is 4.21. The second kappa shape index (κ2) is 7.66. The maximum atomic E-state index is 3.67. The summed E-state index contributed by atoms with van der Waals surface area (Å²) in [7, 11) is 0. The Hall–Kier alpha value is -0.860. The van der Waals surface area contributed by atoms with Crippen molar-refractivity contribution >= 4 is 0 Å². The van der Waals surface area contributed by atoms with E-state index in [2.05, 4.69) is 54.4 Å². The standard InChI is InChI=1S/C17H28N2/c1-3-4-8-15(2)19-12-11-18-17(14-19)13-16-9-6-5-7-10-16/h5-7,9-10,15,17-18H,3-4,8,11-14H2,1-2H3. The Morgan fingerprint density at radius 3 is 2.84 bits per heavy atom. The highest BCUT2D eigenvalue weighted by atomic mass is 15.2. The second-order valence-electron chi connectivity index (χ2n) is 5.83. The molecule has 0 amide bonds. The molecule has 1 N–H and O–H groups in total. The minimum absolute atomic E-state index is 0.611. The molecule has 2 heteroatoms. The molecule has 0 bridgehead atoms. The summed E-state index contributed by atoms with van der Waals surface area (Å²) in [6, 6.07) is 12.2. The summed E-state index contributed by atoms with van der Waals surface area (Å²) < 4.78 is 0. The topological polar surface area (TPSA) is 15.3 Å². The third-order valence-corrected chi connectivity index (χ3v) is 4.21. The fraction of sp³-hybridized carbons (Fsp3) is 0.647. The Labute approximate surface area is 118 Å². The minimum atomic E-state index is 0.611. The summed E-state index contributed by atoms with van der Waals surface area (Å²) in [5, 5.41) is 3.67. The van der Waals surface area contributed by atoms with Gasteiger partial charge in [0.05, 0.1) is 0 Å². The van der Waals surface area contributed by atoms with Gasteiger partial charge in [0, 0.05) is 31.7 Å². The van der Waals surface area contributed by atoms with Gasteiger partial charge in [-0.15, -0.1) is 0 Å². The average Bonchev–Trinajstić information content (AvgIpc) is 2.46. The molecule has 0 aromatic heterocycles. The highest BCUT2D eigenvalue weighted by Crippen LogP contribution is 2.13. The molecule has 1 fully saturated rings. The Bertz CT molecular complexity index is 350. The lowest BCUT2D eigenvalue weighted by Gasteiger charge is -2.37. The van der Waals surface area contributed by atoms with Crippen LogP contribution in [0.25, 0.3) is 0 Å². The van der Waals surface area contributed by atoms with Gasteiger partial charge in [0.25, 0.3) is 0 Å². The van der Waals surface area contributed by atoms with Crippen molar-refractivity contribution in [1.82, 2.24) is 10.2 Å². The van der Waals surface area contributed by atoms with Gasteiger partial charge in [-0.3, -0.25) is 4.90 Å². The fourth-order valence-corrected chi connectivity index (χ4v) is 2.97. The quantitative estimate of drug-likeness (QED) is 0.845. The second-order valence-corrected chi connectivity index (χ2v) is 5.83. The van der Waals surface area contributed by atoms with Gasteiger partial charge in [-0.05, 0) is 25.3 Å². The van der Waals surface area contributed by atoms with E-state index in [0.717, 1.165) is 19.0 Å². The zero-order valence-corrected chi connectivity index (χ0v) is 12.4. The molecule has 1 heterocycles. The number of piperazine rings is 1. The van der Waals surface area contributed by atoms with Crippen LogP contribution < -0.4 is 5.32 Å². The molecule has 1 aliphatic rings. The van der Waals surface area contributed by atoms with E-state index in [1.54, 1.807) is 0 Å². The lowest BCUT2D eigenvalue weighted by atomic mass is 10.0. The van der Waals surface area contributed by atoms with E-state index in [0.29, 0.717) is 6.04 Å². The zero-order valence-electron chi connectivity index (χ0n) is 12.4. The Kier molecular flexibility index (Phi) is 5.87. The van der Waals surface area contributed by atoms with Crippen LogP contribution in [0.5, 0.6) is 0 Å². The molecule has 0 spiro atoms. The van der Waals surface area contributed by atoms with Crippen molar-refractivity contribution in [2.24, 2.45) is 0 Å². The van der Waals surface area contributed by atoms with Crippen LogP contribution in [0.4, 0.5) is 0 Å². The summed E-state index contributed by atoms with van der Waals surface area (Å²) in [5.74, 6) is 0. The smallest absolute Gasteiger partial charge is 0.0236 e. The Morgan fingerprint density at radius 2 is 2.11 bits per heavy atom. The molecule has 2 unspecified atom stereocenters. The monoisotopic (exact) mass is 260 g/mol. The molecule has 0 radical (unpaired) electrons. The van der Waals surface area contributed by atoms with Crippen molar-refractivity contribution in [2.75, 3.05) is 19.6 Å². The van der Waals surface area contributed by atoms with Gasteiger partial charge >= 0.3 is 0 Å². The lowest BCUT2D eigenvalue weighted by molar-refractivity contribution is 0.144. The first kappa shape index (κ1) is 14.5. The fourth-order valence-electron chi connectivity index (χ4n) is 2.97. The van der Waals surface area contributed by atoms with Gasteiger partial charge in [0.2, 0.25) is 0 Å². The van der Waals surface area contributed by atoms with Crippen molar-refractivity contribution in [3.05, 3.63) is 35.9 Å². The van der Waals surface area contributed by atoms with Crippen LogP contribution >= 0.6 is 0 Å². The van der Waals surface area contributed by atoms with Gasteiger partial charge < -0.3 is 5.32 Å². The number of benzene rings is 1. The largest absolute Gasteiger partial charge is 0.311 e. The van der Waals surface area contributed by atoms with Crippen LogP contribution in [-0.4, -0.2) is 36.6 Å². The molecule has 1 aromatic carbocycles. The highest BCUT2D eigenvalue weighted by Gasteiger charge is 2.22. The number of unbranched alkanes of at least 4 members (excludes halogenated alkanes) is 1. The van der Waals surface area contributed by atoms with E-state index in [-0.39, 0.29) is 0 Å². The third kappa shape index (κ3) is 4.63. The molecule has 0 saturated carbocycles. The first-order chi connectivity index (χ1) is 9.29. The summed E-state index contributed by atoms with van der Waals surface area (Å²) in [5.41, 5.74) is 1.45. The lowest BCUT2D eigenvalue weighted by Crippen LogP contribution is -2.54. The van der Waals surface area contributed by atoms with Crippen molar-refractivity contribution in [3.63, 3.8) is 0 Å². The normalized spacial score (nSPS) is 22.3. The van der Waals surface area contributed by atoms with Crippen molar-refractivity contribution in [1.29, 1.82) is 0 Å². The molecule has 0 aliphatic carbocycles. The molecule has 1 aromatic rings. The van der Waals surface area contributed by atoms with Gasteiger partial charge in [-0.25, -0.2) is 0 Å². The summed E-state index contributed by atoms with van der Waals surface area (Å²) in [6.07, 6.45) is 5.16. The molecule has 1 saturated heterocycles. The van der Waals surface area contributed by atoms with Gasteiger partial charge in [0.15, 0.2) is 0 Å². The maximum Gasteiger partial charge on any atom is 0.0236 e. The summed E-state index contributed by atoms with van der Waals surface area (Å²) in [6.45, 7) is 8.20. The minimum Gasteiger partial charge on any atom is -0.311 e. The van der Waals surface area contributed by atoms with Crippen molar-refractivity contribution in [3.8, 4) is 0 Å². The summed E-state index contributed by atoms with van der Waals surface area (Å²) in [4.78, 5) is 2.67. The Balaban J connectivity index is 1.83. The van der Waals surface area contributed by atoms with E-state index in [9.17, 15) is 0 Å². The van der Waals surface area contributed by atoms with E-state index in [1.165, 1.54) is 37.9 Å². The Morgan fingerprint density at radius 1 is 1.32 bits per heavy atom. The molecular weight excluding hydrogens is 232 g/mol. The molecule has 2 rings (SSSR count). The predicted molar refractivity (Wildman–Crippen MR) is 82.5 cm³/mol. The molecule has 2 atom stereocenters. The van der Waals surface area contributed by atoms with E-state index in [1.807, 2.05) is 0 Å². The van der Waals surface area contributed by atoms with Crippen LogP contribution in [-0.2, 0) is 6.42 Å². The molecule has 19 heavy (non-hydrogen) atoms. The van der Waals surface area contributed by atoms with Crippen LogP contribution in [0.1, 0.15) is 38.7 Å². The molecule has 1 aliphatic heterocycles.